The first kappa shape index (κ1) is 14.4. The summed E-state index contributed by atoms with van der Waals surface area (Å²) in [6.07, 6.45) is 3.81. The van der Waals surface area contributed by atoms with Crippen molar-refractivity contribution in [1.82, 2.24) is 0 Å². The maximum absolute atomic E-state index is 12.3. The van der Waals surface area contributed by atoms with E-state index in [1.165, 1.54) is 0 Å². The van der Waals surface area contributed by atoms with Gasteiger partial charge in [-0.2, -0.15) is 0 Å². The number of halogens is 1. The van der Waals surface area contributed by atoms with Gasteiger partial charge in [-0.15, -0.1) is 0 Å². The molecule has 1 aromatic carbocycles. The van der Waals surface area contributed by atoms with Crippen LogP contribution in [0.2, 0.25) is 5.02 Å². The molecule has 0 spiro atoms. The van der Waals surface area contributed by atoms with E-state index in [2.05, 4.69) is 0 Å². The number of ether oxygens (including phenoxy) is 1. The Bertz CT molecular complexity index is 463. The smallest absolute Gasteiger partial charge is 0.313 e. The molecule has 0 heterocycles. The first-order chi connectivity index (χ1) is 9.04. The molecular weight excluding hydrogens is 262 g/mol. The number of hydrogen-bond donors (Lipinski definition) is 1. The summed E-state index contributed by atoms with van der Waals surface area (Å²) in [6.45, 7) is 2.12. The van der Waals surface area contributed by atoms with Crippen LogP contribution >= 0.6 is 11.6 Å². The molecule has 0 aliphatic heterocycles. The van der Waals surface area contributed by atoms with Crippen LogP contribution in [0.25, 0.3) is 0 Å². The largest absolute Gasteiger partial charge is 0.460 e. The number of carbonyl (C=O) groups excluding carboxylic acids is 1. The van der Waals surface area contributed by atoms with Crippen LogP contribution in [0.5, 0.6) is 0 Å². The van der Waals surface area contributed by atoms with E-state index in [0.29, 0.717) is 5.02 Å². The van der Waals surface area contributed by atoms with Crippen LogP contribution in [-0.4, -0.2) is 12.0 Å². The van der Waals surface area contributed by atoms with E-state index in [1.807, 2.05) is 25.1 Å². The quantitative estimate of drug-likeness (QED) is 0.865. The number of hydrogen-bond acceptors (Lipinski definition) is 3. The summed E-state index contributed by atoms with van der Waals surface area (Å²) in [6, 6.07) is 7.27. The van der Waals surface area contributed by atoms with Gasteiger partial charge >= 0.3 is 5.97 Å². The van der Waals surface area contributed by atoms with Crippen LogP contribution in [0, 0.1) is 5.41 Å². The van der Waals surface area contributed by atoms with Gasteiger partial charge in [0.25, 0.3) is 0 Å². The van der Waals surface area contributed by atoms with Gasteiger partial charge in [-0.1, -0.05) is 42.6 Å². The summed E-state index contributed by atoms with van der Waals surface area (Å²) >= 11 is 6.04. The fourth-order valence-corrected chi connectivity index (χ4v) is 2.73. The van der Waals surface area contributed by atoms with Crippen LogP contribution < -0.4 is 5.73 Å². The monoisotopic (exact) mass is 281 g/mol. The molecule has 19 heavy (non-hydrogen) atoms. The van der Waals surface area contributed by atoms with Crippen molar-refractivity contribution in [2.75, 3.05) is 0 Å². The first-order valence-corrected chi connectivity index (χ1v) is 7.08. The molecule has 0 amide bonds. The molecule has 1 aromatic rings. The molecule has 0 bridgehead atoms. The second kappa shape index (κ2) is 5.93. The number of carbonyl (C=O) groups is 1. The minimum atomic E-state index is -0.556. The normalized spacial score (nSPS) is 27.0. The number of benzene rings is 1. The Labute approximate surface area is 119 Å². The van der Waals surface area contributed by atoms with Gasteiger partial charge in [0.2, 0.25) is 0 Å². The number of rotatable bonds is 3. The molecule has 0 radical (unpaired) electrons. The molecule has 0 aromatic heterocycles. The molecule has 104 valence electrons. The SMILES string of the molecule is CC1(C(=O)OCc2ccccc2Cl)CCCCC1N. The van der Waals surface area contributed by atoms with E-state index >= 15 is 0 Å². The van der Waals surface area contributed by atoms with Crippen molar-refractivity contribution < 1.29 is 9.53 Å². The zero-order valence-corrected chi connectivity index (χ0v) is 12.0. The fraction of sp³-hybridized carbons (Fsp3) is 0.533. The average Bonchev–Trinajstić information content (AvgIpc) is 2.41. The van der Waals surface area contributed by atoms with Crippen molar-refractivity contribution in [2.24, 2.45) is 11.1 Å². The Morgan fingerprint density at radius 2 is 2.21 bits per heavy atom. The zero-order chi connectivity index (χ0) is 13.9. The lowest BCUT2D eigenvalue weighted by Crippen LogP contribution is -2.48. The highest BCUT2D eigenvalue weighted by molar-refractivity contribution is 6.31. The van der Waals surface area contributed by atoms with E-state index in [0.717, 1.165) is 31.2 Å². The van der Waals surface area contributed by atoms with Crippen molar-refractivity contribution in [3.8, 4) is 0 Å². The van der Waals surface area contributed by atoms with E-state index in [9.17, 15) is 4.79 Å². The van der Waals surface area contributed by atoms with Gasteiger partial charge < -0.3 is 10.5 Å². The van der Waals surface area contributed by atoms with Crippen LogP contribution in [0.15, 0.2) is 24.3 Å². The van der Waals surface area contributed by atoms with Crippen molar-refractivity contribution >= 4 is 17.6 Å². The molecule has 2 unspecified atom stereocenters. The van der Waals surface area contributed by atoms with Crippen LogP contribution in [0.1, 0.15) is 38.2 Å². The summed E-state index contributed by atoms with van der Waals surface area (Å²) in [5.41, 5.74) is 6.35. The summed E-state index contributed by atoms with van der Waals surface area (Å²) < 4.78 is 5.42. The Morgan fingerprint density at radius 1 is 1.47 bits per heavy atom. The lowest BCUT2D eigenvalue weighted by atomic mass is 9.72. The standard InChI is InChI=1S/C15H20ClNO2/c1-15(9-5-4-8-13(15)17)14(18)19-10-11-6-2-3-7-12(11)16/h2-3,6-7,13H,4-5,8-10,17H2,1H3. The van der Waals surface area contributed by atoms with Crippen molar-refractivity contribution in [1.29, 1.82) is 0 Å². The summed E-state index contributed by atoms with van der Waals surface area (Å²) in [5.74, 6) is -0.209. The van der Waals surface area contributed by atoms with E-state index in [-0.39, 0.29) is 18.6 Å². The molecule has 4 heteroatoms. The molecule has 3 nitrogen and oxygen atoms in total. The van der Waals surface area contributed by atoms with Crippen LogP contribution in [0.4, 0.5) is 0 Å². The third kappa shape index (κ3) is 3.10. The Hall–Kier alpha value is -1.06. The minimum Gasteiger partial charge on any atom is -0.460 e. The van der Waals surface area contributed by atoms with Crippen molar-refractivity contribution in [2.45, 2.75) is 45.3 Å². The highest BCUT2D eigenvalue weighted by Gasteiger charge is 2.42. The van der Waals surface area contributed by atoms with E-state index in [1.54, 1.807) is 6.07 Å². The molecule has 2 atom stereocenters. The second-order valence-corrected chi connectivity index (χ2v) is 5.84. The van der Waals surface area contributed by atoms with Gasteiger partial charge in [-0.05, 0) is 25.8 Å². The topological polar surface area (TPSA) is 52.3 Å². The van der Waals surface area contributed by atoms with Crippen molar-refractivity contribution in [3.63, 3.8) is 0 Å². The predicted molar refractivity (Wildman–Crippen MR) is 75.8 cm³/mol. The molecule has 1 saturated carbocycles. The molecule has 1 aliphatic carbocycles. The first-order valence-electron chi connectivity index (χ1n) is 6.70. The van der Waals surface area contributed by atoms with Gasteiger partial charge in [-0.3, -0.25) is 4.79 Å². The molecule has 0 saturated heterocycles. The predicted octanol–water partition coefficient (Wildman–Crippen LogP) is 3.29. The Kier molecular flexibility index (Phi) is 4.48. The summed E-state index contributed by atoms with van der Waals surface area (Å²) in [4.78, 5) is 12.3. The van der Waals surface area contributed by atoms with Crippen molar-refractivity contribution in [3.05, 3.63) is 34.9 Å². The fourth-order valence-electron chi connectivity index (χ4n) is 2.54. The maximum Gasteiger partial charge on any atom is 0.313 e. The van der Waals surface area contributed by atoms with Gasteiger partial charge in [0.05, 0.1) is 5.41 Å². The lowest BCUT2D eigenvalue weighted by molar-refractivity contribution is -0.159. The lowest BCUT2D eigenvalue weighted by Gasteiger charge is -2.36. The van der Waals surface area contributed by atoms with E-state index < -0.39 is 5.41 Å². The van der Waals surface area contributed by atoms with E-state index in [4.69, 9.17) is 22.1 Å². The summed E-state index contributed by atoms with van der Waals surface area (Å²) in [5, 5.41) is 0.619. The highest BCUT2D eigenvalue weighted by atomic mass is 35.5. The van der Waals surface area contributed by atoms with Gasteiger partial charge in [-0.25, -0.2) is 0 Å². The Balaban J connectivity index is 1.99. The molecule has 1 aliphatic rings. The maximum atomic E-state index is 12.3. The number of nitrogens with two attached hydrogens (primary N) is 1. The van der Waals surface area contributed by atoms with Crippen LogP contribution in [0.3, 0.4) is 0 Å². The van der Waals surface area contributed by atoms with Gasteiger partial charge in [0, 0.05) is 16.6 Å². The zero-order valence-electron chi connectivity index (χ0n) is 11.2. The van der Waals surface area contributed by atoms with Crippen LogP contribution in [-0.2, 0) is 16.1 Å². The summed E-state index contributed by atoms with van der Waals surface area (Å²) in [7, 11) is 0. The highest BCUT2D eigenvalue weighted by Crippen LogP contribution is 2.36. The Morgan fingerprint density at radius 3 is 2.89 bits per heavy atom. The molecule has 2 N–H and O–H groups in total. The third-order valence-corrected chi connectivity index (χ3v) is 4.43. The molecular formula is C15H20ClNO2. The van der Waals surface area contributed by atoms with Gasteiger partial charge in [0.1, 0.15) is 6.61 Å². The molecule has 1 fully saturated rings. The molecule has 2 rings (SSSR count). The average molecular weight is 282 g/mol. The third-order valence-electron chi connectivity index (χ3n) is 4.06. The minimum absolute atomic E-state index is 0.111. The number of esters is 1. The van der Waals surface area contributed by atoms with Gasteiger partial charge in [0.15, 0.2) is 0 Å². The second-order valence-electron chi connectivity index (χ2n) is 5.44.